The van der Waals surface area contributed by atoms with Crippen LogP contribution in [0.5, 0.6) is 0 Å². The van der Waals surface area contributed by atoms with Crippen molar-refractivity contribution in [1.82, 2.24) is 9.55 Å². The predicted octanol–water partition coefficient (Wildman–Crippen LogP) is 3.90. The van der Waals surface area contributed by atoms with E-state index in [1.807, 2.05) is 11.5 Å². The Kier molecular flexibility index (Phi) is 3.94. The van der Waals surface area contributed by atoms with Crippen LogP contribution in [0.15, 0.2) is 18.2 Å². The van der Waals surface area contributed by atoms with Crippen molar-refractivity contribution >= 4 is 22.6 Å². The summed E-state index contributed by atoms with van der Waals surface area (Å²) in [5, 5.41) is -0.214. The van der Waals surface area contributed by atoms with Gasteiger partial charge in [0.15, 0.2) is 0 Å². The predicted molar refractivity (Wildman–Crippen MR) is 77.5 cm³/mol. The molecule has 3 nitrogen and oxygen atoms in total. The topological polar surface area (TPSA) is 27.1 Å². The molecule has 1 aromatic carbocycles. The van der Waals surface area contributed by atoms with Crippen LogP contribution in [0.2, 0.25) is 0 Å². The van der Waals surface area contributed by atoms with Crippen molar-refractivity contribution in [1.29, 1.82) is 0 Å². The first-order valence-electron chi connectivity index (χ1n) is 7.02. The summed E-state index contributed by atoms with van der Waals surface area (Å²) in [4.78, 5) is 4.49. The molecule has 1 heterocycles. The lowest BCUT2D eigenvalue weighted by Gasteiger charge is -2.11. The summed E-state index contributed by atoms with van der Waals surface area (Å²) < 4.78 is 21.0. The molecule has 1 unspecified atom stereocenters. The highest BCUT2D eigenvalue weighted by molar-refractivity contribution is 6.20. The van der Waals surface area contributed by atoms with E-state index in [9.17, 15) is 4.39 Å². The highest BCUT2D eigenvalue weighted by Crippen LogP contribution is 2.29. The zero-order chi connectivity index (χ0) is 14.1. The Morgan fingerprint density at radius 2 is 2.30 bits per heavy atom. The van der Waals surface area contributed by atoms with Gasteiger partial charge in [0.05, 0.1) is 23.0 Å². The maximum atomic E-state index is 13.4. The molecular formula is C15H18ClFN2O. The summed E-state index contributed by atoms with van der Waals surface area (Å²) in [6, 6.07) is 4.62. The summed E-state index contributed by atoms with van der Waals surface area (Å²) in [6.45, 7) is 3.96. The van der Waals surface area contributed by atoms with E-state index in [1.165, 1.54) is 25.0 Å². The SMILES string of the molecule is CC(Cl)c1nc2ccc(F)cc2n1CCOCC1CC1. The number of imidazole rings is 1. The number of halogens is 2. The molecule has 20 heavy (non-hydrogen) atoms. The van der Waals surface area contributed by atoms with Gasteiger partial charge in [-0.15, -0.1) is 11.6 Å². The largest absolute Gasteiger partial charge is 0.379 e. The van der Waals surface area contributed by atoms with E-state index in [0.717, 1.165) is 29.4 Å². The molecule has 1 saturated carbocycles. The Hall–Kier alpha value is -1.13. The minimum atomic E-state index is -0.258. The fraction of sp³-hybridized carbons (Fsp3) is 0.533. The Morgan fingerprint density at radius 3 is 3.00 bits per heavy atom. The molecule has 0 N–H and O–H groups in total. The molecule has 1 aliphatic carbocycles. The smallest absolute Gasteiger partial charge is 0.127 e. The third-order valence-electron chi connectivity index (χ3n) is 3.61. The van der Waals surface area contributed by atoms with E-state index in [1.54, 1.807) is 6.07 Å². The molecule has 0 bridgehead atoms. The van der Waals surface area contributed by atoms with Gasteiger partial charge in [0.25, 0.3) is 0 Å². The second kappa shape index (κ2) is 5.70. The van der Waals surface area contributed by atoms with Crippen LogP contribution in [0, 0.1) is 11.7 Å². The van der Waals surface area contributed by atoms with Crippen LogP contribution in [0.3, 0.4) is 0 Å². The van der Waals surface area contributed by atoms with Gasteiger partial charge in [-0.25, -0.2) is 9.37 Å². The molecule has 1 aromatic heterocycles. The van der Waals surface area contributed by atoms with Crippen molar-refractivity contribution in [2.24, 2.45) is 5.92 Å². The Bertz CT molecular complexity index is 607. The first-order valence-corrected chi connectivity index (χ1v) is 7.46. The van der Waals surface area contributed by atoms with Gasteiger partial charge in [-0.3, -0.25) is 0 Å². The summed E-state index contributed by atoms with van der Waals surface area (Å²) in [5.41, 5.74) is 1.55. The first-order chi connectivity index (χ1) is 9.65. The molecule has 0 radical (unpaired) electrons. The Labute approximate surface area is 122 Å². The molecular weight excluding hydrogens is 279 g/mol. The Balaban J connectivity index is 1.81. The fourth-order valence-corrected chi connectivity index (χ4v) is 2.51. The van der Waals surface area contributed by atoms with Crippen molar-refractivity contribution in [2.75, 3.05) is 13.2 Å². The number of ether oxygens (including phenoxy) is 1. The van der Waals surface area contributed by atoms with Crippen molar-refractivity contribution in [3.63, 3.8) is 0 Å². The number of rotatable bonds is 6. The molecule has 1 aliphatic rings. The van der Waals surface area contributed by atoms with Gasteiger partial charge in [0, 0.05) is 13.2 Å². The molecule has 1 atom stereocenters. The number of nitrogens with zero attached hydrogens (tertiary/aromatic N) is 2. The lowest BCUT2D eigenvalue weighted by atomic mass is 10.3. The van der Waals surface area contributed by atoms with Crippen molar-refractivity contribution < 1.29 is 9.13 Å². The van der Waals surface area contributed by atoms with Gasteiger partial charge in [0.1, 0.15) is 11.6 Å². The quantitative estimate of drug-likeness (QED) is 0.597. The fourth-order valence-electron chi connectivity index (χ4n) is 2.34. The van der Waals surface area contributed by atoms with Gasteiger partial charge in [0.2, 0.25) is 0 Å². The second-order valence-electron chi connectivity index (χ2n) is 5.39. The van der Waals surface area contributed by atoms with Crippen molar-refractivity contribution in [3.8, 4) is 0 Å². The molecule has 2 aromatic rings. The zero-order valence-corrected chi connectivity index (χ0v) is 12.2. The van der Waals surface area contributed by atoms with Crippen molar-refractivity contribution in [3.05, 3.63) is 29.8 Å². The average molecular weight is 297 g/mol. The van der Waals surface area contributed by atoms with Gasteiger partial charge in [-0.2, -0.15) is 0 Å². The number of alkyl halides is 1. The summed E-state index contributed by atoms with van der Waals surface area (Å²) >= 11 is 6.17. The van der Waals surface area contributed by atoms with E-state index in [0.29, 0.717) is 13.2 Å². The Morgan fingerprint density at radius 1 is 1.50 bits per heavy atom. The van der Waals surface area contributed by atoms with Crippen LogP contribution in [0.1, 0.15) is 31.0 Å². The van der Waals surface area contributed by atoms with Crippen LogP contribution >= 0.6 is 11.6 Å². The van der Waals surface area contributed by atoms with Crippen LogP contribution in [-0.4, -0.2) is 22.8 Å². The monoisotopic (exact) mass is 296 g/mol. The van der Waals surface area contributed by atoms with E-state index >= 15 is 0 Å². The lowest BCUT2D eigenvalue weighted by molar-refractivity contribution is 0.117. The minimum absolute atomic E-state index is 0.214. The van der Waals surface area contributed by atoms with Gasteiger partial charge >= 0.3 is 0 Å². The second-order valence-corrected chi connectivity index (χ2v) is 6.04. The minimum Gasteiger partial charge on any atom is -0.379 e. The normalized spacial score (nSPS) is 16.8. The maximum Gasteiger partial charge on any atom is 0.127 e. The average Bonchev–Trinajstić information content (AvgIpc) is 3.16. The molecule has 0 saturated heterocycles. The van der Waals surface area contributed by atoms with Crippen LogP contribution in [-0.2, 0) is 11.3 Å². The van der Waals surface area contributed by atoms with Crippen LogP contribution in [0.4, 0.5) is 4.39 Å². The number of aromatic nitrogens is 2. The van der Waals surface area contributed by atoms with E-state index in [-0.39, 0.29) is 11.2 Å². The van der Waals surface area contributed by atoms with E-state index in [2.05, 4.69) is 4.98 Å². The van der Waals surface area contributed by atoms with E-state index in [4.69, 9.17) is 16.3 Å². The third kappa shape index (κ3) is 2.96. The third-order valence-corrected chi connectivity index (χ3v) is 3.80. The molecule has 0 spiro atoms. The standard InChI is InChI=1S/C15H18ClFN2O/c1-10(16)15-18-13-5-4-12(17)8-14(13)19(15)6-7-20-9-11-2-3-11/h4-5,8,10-11H,2-3,6-7,9H2,1H3. The highest BCUT2D eigenvalue weighted by Gasteiger charge is 2.21. The van der Waals surface area contributed by atoms with Crippen LogP contribution in [0.25, 0.3) is 11.0 Å². The number of benzene rings is 1. The molecule has 0 aliphatic heterocycles. The van der Waals surface area contributed by atoms with Crippen molar-refractivity contribution in [2.45, 2.75) is 31.7 Å². The van der Waals surface area contributed by atoms with Gasteiger partial charge in [-0.1, -0.05) is 0 Å². The summed E-state index contributed by atoms with van der Waals surface area (Å²) in [6.07, 6.45) is 2.56. The summed E-state index contributed by atoms with van der Waals surface area (Å²) in [5.74, 6) is 1.26. The molecule has 1 fully saturated rings. The summed E-state index contributed by atoms with van der Waals surface area (Å²) in [7, 11) is 0. The maximum absolute atomic E-state index is 13.4. The highest BCUT2D eigenvalue weighted by atomic mass is 35.5. The zero-order valence-electron chi connectivity index (χ0n) is 11.5. The lowest BCUT2D eigenvalue weighted by Crippen LogP contribution is -2.11. The number of fused-ring (bicyclic) bond motifs is 1. The molecule has 0 amide bonds. The van der Waals surface area contributed by atoms with Crippen LogP contribution < -0.4 is 0 Å². The number of hydrogen-bond donors (Lipinski definition) is 0. The van der Waals surface area contributed by atoms with E-state index < -0.39 is 0 Å². The molecule has 108 valence electrons. The first kappa shape index (κ1) is 13.8. The molecule has 3 rings (SSSR count). The van der Waals surface area contributed by atoms with Gasteiger partial charge < -0.3 is 9.30 Å². The molecule has 5 heteroatoms. The number of hydrogen-bond acceptors (Lipinski definition) is 2. The van der Waals surface area contributed by atoms with Gasteiger partial charge in [-0.05, 0) is 43.9 Å².